The van der Waals surface area contributed by atoms with Gasteiger partial charge in [-0.25, -0.2) is 4.68 Å². The molecular weight excluding hydrogens is 372 g/mol. The summed E-state index contributed by atoms with van der Waals surface area (Å²) in [5.74, 6) is 0.397. The topological polar surface area (TPSA) is 96.4 Å². The summed E-state index contributed by atoms with van der Waals surface area (Å²) >= 11 is 0. The quantitative estimate of drug-likeness (QED) is 0.624. The number of rotatable bonds is 7. The minimum absolute atomic E-state index is 0.0581. The lowest BCUT2D eigenvalue weighted by atomic mass is 10.1. The van der Waals surface area contributed by atoms with Gasteiger partial charge in [-0.15, -0.1) is 0 Å². The van der Waals surface area contributed by atoms with Crippen molar-refractivity contribution in [3.63, 3.8) is 0 Å². The molecule has 0 bridgehead atoms. The molecular formula is C21H24N4O4. The van der Waals surface area contributed by atoms with E-state index < -0.39 is 11.1 Å². The van der Waals surface area contributed by atoms with Gasteiger partial charge in [-0.2, -0.15) is 0 Å². The van der Waals surface area contributed by atoms with Crippen LogP contribution in [0.15, 0.2) is 58.1 Å². The average Bonchev–Trinajstić information content (AvgIpc) is 2.72. The predicted octanol–water partition coefficient (Wildman–Crippen LogP) is 1.12. The summed E-state index contributed by atoms with van der Waals surface area (Å²) in [6, 6.07) is 14.1. The molecule has 0 aliphatic rings. The van der Waals surface area contributed by atoms with Crippen LogP contribution in [0.4, 0.5) is 0 Å². The third kappa shape index (κ3) is 4.55. The van der Waals surface area contributed by atoms with Gasteiger partial charge >= 0.3 is 0 Å². The highest BCUT2D eigenvalue weighted by molar-refractivity contribution is 5.81. The zero-order valence-electron chi connectivity index (χ0n) is 16.6. The van der Waals surface area contributed by atoms with Gasteiger partial charge in [-0.05, 0) is 43.9 Å². The summed E-state index contributed by atoms with van der Waals surface area (Å²) in [7, 11) is 5.45. The molecule has 0 radical (unpaired) electrons. The van der Waals surface area contributed by atoms with Crippen LogP contribution in [0, 0.1) is 0 Å². The Bertz CT molecular complexity index is 1120. The monoisotopic (exact) mass is 396 g/mol. The molecule has 0 spiro atoms. The SMILES string of the molecule is COc1ccc(C(CNC(=O)Cn2[nH]c(=O)c3ccccc3c2=O)N(C)C)cc1. The first kappa shape index (κ1) is 20.3. The molecule has 3 aromatic rings. The highest BCUT2D eigenvalue weighted by Gasteiger charge is 2.16. The van der Waals surface area contributed by atoms with Crippen molar-refractivity contribution in [2.24, 2.45) is 0 Å². The smallest absolute Gasteiger partial charge is 0.273 e. The van der Waals surface area contributed by atoms with Gasteiger partial charge in [0.2, 0.25) is 5.91 Å². The van der Waals surface area contributed by atoms with E-state index in [-0.39, 0.29) is 23.9 Å². The molecule has 0 aliphatic heterocycles. The first-order valence-corrected chi connectivity index (χ1v) is 9.19. The van der Waals surface area contributed by atoms with Gasteiger partial charge in [-0.3, -0.25) is 19.5 Å². The van der Waals surface area contributed by atoms with Crippen molar-refractivity contribution in [2.75, 3.05) is 27.7 Å². The third-order valence-electron chi connectivity index (χ3n) is 4.80. The Labute approximate surface area is 167 Å². The Morgan fingerprint density at radius 3 is 2.38 bits per heavy atom. The molecule has 29 heavy (non-hydrogen) atoms. The van der Waals surface area contributed by atoms with Crippen LogP contribution < -0.4 is 21.2 Å². The van der Waals surface area contributed by atoms with E-state index in [0.29, 0.717) is 11.9 Å². The Kier molecular flexibility index (Phi) is 6.13. The number of hydrogen-bond donors (Lipinski definition) is 2. The first-order chi connectivity index (χ1) is 13.9. The van der Waals surface area contributed by atoms with E-state index in [1.807, 2.05) is 43.3 Å². The van der Waals surface area contributed by atoms with Gasteiger partial charge in [0.1, 0.15) is 12.3 Å². The van der Waals surface area contributed by atoms with Crippen LogP contribution in [-0.2, 0) is 11.3 Å². The zero-order valence-corrected chi connectivity index (χ0v) is 16.6. The second-order valence-electron chi connectivity index (χ2n) is 6.93. The lowest BCUT2D eigenvalue weighted by Gasteiger charge is -2.25. The number of benzene rings is 2. The van der Waals surface area contributed by atoms with Gasteiger partial charge in [0, 0.05) is 6.54 Å². The van der Waals surface area contributed by atoms with Crippen LogP contribution in [0.5, 0.6) is 5.75 Å². The molecule has 0 aliphatic carbocycles. The van der Waals surface area contributed by atoms with Crippen molar-refractivity contribution in [3.05, 3.63) is 74.8 Å². The number of aromatic nitrogens is 2. The molecule has 1 unspecified atom stereocenters. The first-order valence-electron chi connectivity index (χ1n) is 9.19. The Balaban J connectivity index is 1.73. The molecule has 2 aromatic carbocycles. The van der Waals surface area contributed by atoms with Gasteiger partial charge in [0.15, 0.2) is 0 Å². The van der Waals surface area contributed by atoms with Gasteiger partial charge in [0.05, 0.1) is 23.9 Å². The molecule has 8 nitrogen and oxygen atoms in total. The van der Waals surface area contributed by atoms with Crippen molar-refractivity contribution in [3.8, 4) is 5.75 Å². The fourth-order valence-electron chi connectivity index (χ4n) is 3.19. The van der Waals surface area contributed by atoms with E-state index >= 15 is 0 Å². The maximum atomic E-state index is 12.5. The van der Waals surface area contributed by atoms with Crippen LogP contribution in [0.25, 0.3) is 10.8 Å². The van der Waals surface area contributed by atoms with Crippen LogP contribution >= 0.6 is 0 Å². The van der Waals surface area contributed by atoms with Crippen molar-refractivity contribution < 1.29 is 9.53 Å². The second kappa shape index (κ2) is 8.74. The molecule has 1 amide bonds. The largest absolute Gasteiger partial charge is 0.497 e. The number of fused-ring (bicyclic) bond motifs is 1. The number of H-pyrrole nitrogens is 1. The fraction of sp³-hybridized carbons (Fsp3) is 0.286. The number of nitrogens with one attached hydrogen (secondary N) is 2. The van der Waals surface area contributed by atoms with Crippen molar-refractivity contribution in [2.45, 2.75) is 12.6 Å². The van der Waals surface area contributed by atoms with Gasteiger partial charge < -0.3 is 15.0 Å². The molecule has 152 valence electrons. The van der Waals surface area contributed by atoms with Crippen molar-refractivity contribution >= 4 is 16.7 Å². The lowest BCUT2D eigenvalue weighted by Crippen LogP contribution is -2.39. The standard InChI is InChI=1S/C21H24N4O4/c1-24(2)18(14-8-10-15(29-3)11-9-14)12-22-19(26)13-25-21(28)17-7-5-4-6-16(17)20(27)23-25/h4-11,18H,12-13H2,1-3H3,(H,22,26)(H,23,27). The zero-order chi connectivity index (χ0) is 21.0. The van der Waals surface area contributed by atoms with Crippen LogP contribution in [0.2, 0.25) is 0 Å². The van der Waals surface area contributed by atoms with E-state index in [1.54, 1.807) is 31.4 Å². The van der Waals surface area contributed by atoms with Crippen LogP contribution in [0.1, 0.15) is 11.6 Å². The number of carbonyl (C=O) groups excluding carboxylic acids is 1. The molecule has 2 N–H and O–H groups in total. The summed E-state index contributed by atoms with van der Waals surface area (Å²) < 4.78 is 6.22. The minimum Gasteiger partial charge on any atom is -0.497 e. The maximum Gasteiger partial charge on any atom is 0.273 e. The Hall–Kier alpha value is -3.39. The lowest BCUT2D eigenvalue weighted by molar-refractivity contribution is -0.122. The molecule has 0 fully saturated rings. The average molecular weight is 396 g/mol. The second-order valence-corrected chi connectivity index (χ2v) is 6.93. The summed E-state index contributed by atoms with van der Waals surface area (Å²) in [5.41, 5.74) is 0.208. The molecule has 3 rings (SSSR count). The number of nitrogens with zero attached hydrogens (tertiary/aromatic N) is 2. The number of amides is 1. The molecule has 1 heterocycles. The highest BCUT2D eigenvalue weighted by Crippen LogP contribution is 2.20. The number of ether oxygens (including phenoxy) is 1. The number of methoxy groups -OCH3 is 1. The van der Waals surface area contributed by atoms with Crippen molar-refractivity contribution in [1.82, 2.24) is 20.0 Å². The number of aromatic amines is 1. The molecule has 1 atom stereocenters. The molecule has 8 heteroatoms. The normalized spacial score (nSPS) is 12.1. The van der Waals surface area contributed by atoms with E-state index in [4.69, 9.17) is 4.74 Å². The van der Waals surface area contributed by atoms with E-state index in [1.165, 1.54) is 0 Å². The Morgan fingerprint density at radius 1 is 1.10 bits per heavy atom. The number of carbonyl (C=O) groups is 1. The highest BCUT2D eigenvalue weighted by atomic mass is 16.5. The molecule has 1 aromatic heterocycles. The maximum absolute atomic E-state index is 12.5. The molecule has 0 saturated heterocycles. The van der Waals surface area contributed by atoms with Crippen molar-refractivity contribution in [1.29, 1.82) is 0 Å². The number of hydrogen-bond acceptors (Lipinski definition) is 5. The summed E-state index contributed by atoms with van der Waals surface area (Å²) in [6.45, 7) is 0.0897. The fourth-order valence-corrected chi connectivity index (χ4v) is 3.19. The third-order valence-corrected chi connectivity index (χ3v) is 4.80. The molecule has 0 saturated carbocycles. The Morgan fingerprint density at radius 2 is 1.76 bits per heavy atom. The van der Waals surface area contributed by atoms with E-state index in [9.17, 15) is 14.4 Å². The minimum atomic E-state index is -0.408. The van der Waals surface area contributed by atoms with E-state index in [0.717, 1.165) is 16.0 Å². The summed E-state index contributed by atoms with van der Waals surface area (Å²) in [4.78, 5) is 39.1. The van der Waals surface area contributed by atoms with Crippen LogP contribution in [-0.4, -0.2) is 48.3 Å². The van der Waals surface area contributed by atoms with E-state index in [2.05, 4.69) is 10.4 Å². The summed E-state index contributed by atoms with van der Waals surface area (Å²) in [6.07, 6.45) is 0. The van der Waals surface area contributed by atoms with Gasteiger partial charge in [0.25, 0.3) is 11.1 Å². The number of likely N-dealkylation sites (N-methyl/N-ethyl adjacent to an activating group) is 1. The predicted molar refractivity (Wildman–Crippen MR) is 111 cm³/mol. The summed E-state index contributed by atoms with van der Waals surface area (Å²) in [5, 5.41) is 5.90. The van der Waals surface area contributed by atoms with Crippen LogP contribution in [0.3, 0.4) is 0 Å². The van der Waals surface area contributed by atoms with Gasteiger partial charge in [-0.1, -0.05) is 24.3 Å².